The van der Waals surface area contributed by atoms with E-state index in [1.807, 2.05) is 19.3 Å². The van der Waals surface area contributed by atoms with Crippen molar-refractivity contribution in [3.8, 4) is 0 Å². The SMILES string of the molecule is CCCNC(c1ncc(C)cn1)C1CC1c1ccccc1. The van der Waals surface area contributed by atoms with E-state index in [0.717, 1.165) is 24.4 Å². The summed E-state index contributed by atoms with van der Waals surface area (Å²) in [6.07, 6.45) is 6.19. The minimum atomic E-state index is 0.274. The van der Waals surface area contributed by atoms with Crippen molar-refractivity contribution in [3.05, 3.63) is 59.7 Å². The summed E-state index contributed by atoms with van der Waals surface area (Å²) >= 11 is 0. The number of aryl methyl sites for hydroxylation is 1. The Labute approximate surface area is 126 Å². The molecule has 1 saturated carbocycles. The number of nitrogens with one attached hydrogen (secondary N) is 1. The smallest absolute Gasteiger partial charge is 0.145 e. The largest absolute Gasteiger partial charge is 0.307 e. The monoisotopic (exact) mass is 281 g/mol. The van der Waals surface area contributed by atoms with Crippen LogP contribution in [0.1, 0.15) is 48.7 Å². The van der Waals surface area contributed by atoms with E-state index >= 15 is 0 Å². The van der Waals surface area contributed by atoms with Crippen LogP contribution in [0.2, 0.25) is 0 Å². The van der Waals surface area contributed by atoms with E-state index in [0.29, 0.717) is 11.8 Å². The number of nitrogens with zero attached hydrogens (tertiary/aromatic N) is 2. The molecule has 0 amide bonds. The van der Waals surface area contributed by atoms with Gasteiger partial charge in [-0.2, -0.15) is 0 Å². The molecule has 1 N–H and O–H groups in total. The number of benzene rings is 1. The molecule has 1 aliphatic rings. The molecule has 3 unspecified atom stereocenters. The lowest BCUT2D eigenvalue weighted by molar-refractivity contribution is 0.451. The van der Waals surface area contributed by atoms with Crippen LogP contribution in [0.4, 0.5) is 0 Å². The number of rotatable bonds is 6. The number of aromatic nitrogens is 2. The molecule has 1 heterocycles. The molecule has 3 nitrogen and oxygen atoms in total. The van der Waals surface area contributed by atoms with Gasteiger partial charge in [-0.15, -0.1) is 0 Å². The summed E-state index contributed by atoms with van der Waals surface area (Å²) in [4.78, 5) is 9.09. The maximum absolute atomic E-state index is 4.55. The van der Waals surface area contributed by atoms with Crippen molar-refractivity contribution >= 4 is 0 Å². The highest BCUT2D eigenvalue weighted by Crippen LogP contribution is 2.53. The van der Waals surface area contributed by atoms with Crippen LogP contribution in [-0.2, 0) is 0 Å². The van der Waals surface area contributed by atoms with Crippen LogP contribution < -0.4 is 5.32 Å². The van der Waals surface area contributed by atoms with Crippen LogP contribution in [0.3, 0.4) is 0 Å². The lowest BCUT2D eigenvalue weighted by Gasteiger charge is -2.17. The van der Waals surface area contributed by atoms with Crippen LogP contribution in [0.25, 0.3) is 0 Å². The first-order valence-electron chi connectivity index (χ1n) is 7.86. The fourth-order valence-electron chi connectivity index (χ4n) is 2.96. The highest BCUT2D eigenvalue weighted by molar-refractivity contribution is 5.27. The lowest BCUT2D eigenvalue weighted by Crippen LogP contribution is -2.26. The summed E-state index contributed by atoms with van der Waals surface area (Å²) < 4.78 is 0. The van der Waals surface area contributed by atoms with E-state index in [-0.39, 0.29) is 6.04 Å². The van der Waals surface area contributed by atoms with Gasteiger partial charge in [0.2, 0.25) is 0 Å². The van der Waals surface area contributed by atoms with E-state index < -0.39 is 0 Å². The maximum atomic E-state index is 4.55. The van der Waals surface area contributed by atoms with Crippen LogP contribution in [0, 0.1) is 12.8 Å². The third kappa shape index (κ3) is 3.30. The molecule has 0 spiro atoms. The van der Waals surface area contributed by atoms with E-state index in [4.69, 9.17) is 0 Å². The van der Waals surface area contributed by atoms with Crippen LogP contribution in [0.5, 0.6) is 0 Å². The minimum Gasteiger partial charge on any atom is -0.307 e. The molecule has 3 rings (SSSR count). The van der Waals surface area contributed by atoms with Crippen LogP contribution in [-0.4, -0.2) is 16.5 Å². The van der Waals surface area contributed by atoms with Gasteiger partial charge in [0.05, 0.1) is 6.04 Å². The van der Waals surface area contributed by atoms with Gasteiger partial charge in [-0.1, -0.05) is 37.3 Å². The Morgan fingerprint density at radius 3 is 2.57 bits per heavy atom. The zero-order valence-electron chi connectivity index (χ0n) is 12.8. The van der Waals surface area contributed by atoms with Crippen LogP contribution >= 0.6 is 0 Å². The topological polar surface area (TPSA) is 37.8 Å². The second kappa shape index (κ2) is 6.35. The second-order valence-corrected chi connectivity index (χ2v) is 5.97. The van der Waals surface area contributed by atoms with Crippen molar-refractivity contribution < 1.29 is 0 Å². The summed E-state index contributed by atoms with van der Waals surface area (Å²) in [5.41, 5.74) is 2.56. The highest BCUT2D eigenvalue weighted by Gasteiger charge is 2.45. The zero-order chi connectivity index (χ0) is 14.7. The van der Waals surface area contributed by atoms with Crippen molar-refractivity contribution in [2.24, 2.45) is 5.92 Å². The average Bonchev–Trinajstić information content (AvgIpc) is 3.31. The first-order valence-corrected chi connectivity index (χ1v) is 7.86. The molecule has 1 aromatic carbocycles. The van der Waals surface area contributed by atoms with Gasteiger partial charge in [-0.3, -0.25) is 0 Å². The lowest BCUT2D eigenvalue weighted by atomic mass is 10.0. The van der Waals surface area contributed by atoms with E-state index in [2.05, 4.69) is 52.5 Å². The van der Waals surface area contributed by atoms with Crippen molar-refractivity contribution in [1.82, 2.24) is 15.3 Å². The molecule has 0 radical (unpaired) electrons. The molecule has 3 atom stereocenters. The Morgan fingerprint density at radius 2 is 1.90 bits per heavy atom. The fourth-order valence-corrected chi connectivity index (χ4v) is 2.96. The number of hydrogen-bond acceptors (Lipinski definition) is 3. The quantitative estimate of drug-likeness (QED) is 0.878. The normalized spacial score (nSPS) is 22.0. The van der Waals surface area contributed by atoms with Gasteiger partial charge < -0.3 is 5.32 Å². The Hall–Kier alpha value is -1.74. The Morgan fingerprint density at radius 1 is 1.19 bits per heavy atom. The van der Waals surface area contributed by atoms with Crippen LogP contribution in [0.15, 0.2) is 42.7 Å². The molecule has 0 saturated heterocycles. The molecule has 3 heteroatoms. The van der Waals surface area contributed by atoms with Crippen molar-refractivity contribution in [2.75, 3.05) is 6.54 Å². The molecule has 2 aromatic rings. The third-order valence-electron chi connectivity index (χ3n) is 4.19. The molecule has 1 aromatic heterocycles. The van der Waals surface area contributed by atoms with E-state index in [1.54, 1.807) is 0 Å². The molecule has 0 bridgehead atoms. The van der Waals surface area contributed by atoms with Gasteiger partial charge in [-0.25, -0.2) is 9.97 Å². The standard InChI is InChI=1S/C18H23N3/c1-3-9-19-17(18-20-11-13(2)12-21-18)16-10-15(16)14-7-5-4-6-8-14/h4-8,11-12,15-17,19H,3,9-10H2,1-2H3. The molecule has 110 valence electrons. The summed E-state index contributed by atoms with van der Waals surface area (Å²) in [5, 5.41) is 3.64. The van der Waals surface area contributed by atoms with Gasteiger partial charge in [0.1, 0.15) is 5.82 Å². The molecule has 1 fully saturated rings. The van der Waals surface area contributed by atoms with Gasteiger partial charge in [0, 0.05) is 12.4 Å². The molecule has 21 heavy (non-hydrogen) atoms. The van der Waals surface area contributed by atoms with E-state index in [9.17, 15) is 0 Å². The maximum Gasteiger partial charge on any atom is 0.145 e. The van der Waals surface area contributed by atoms with Gasteiger partial charge in [0.15, 0.2) is 0 Å². The molecular formula is C18H23N3. The van der Waals surface area contributed by atoms with Crippen molar-refractivity contribution in [1.29, 1.82) is 0 Å². The van der Waals surface area contributed by atoms with Gasteiger partial charge in [-0.05, 0) is 49.3 Å². The predicted octanol–water partition coefficient (Wildman–Crippen LogP) is 3.63. The summed E-state index contributed by atoms with van der Waals surface area (Å²) in [7, 11) is 0. The van der Waals surface area contributed by atoms with E-state index in [1.165, 1.54) is 12.0 Å². The molecule has 0 aliphatic heterocycles. The Bertz CT molecular complexity index is 565. The highest BCUT2D eigenvalue weighted by atomic mass is 15.0. The molecular weight excluding hydrogens is 258 g/mol. The van der Waals surface area contributed by atoms with Crippen molar-refractivity contribution in [2.45, 2.75) is 38.6 Å². The predicted molar refractivity (Wildman–Crippen MR) is 85.1 cm³/mol. The Balaban J connectivity index is 1.76. The van der Waals surface area contributed by atoms with Gasteiger partial charge in [0.25, 0.3) is 0 Å². The number of hydrogen-bond donors (Lipinski definition) is 1. The van der Waals surface area contributed by atoms with Gasteiger partial charge >= 0.3 is 0 Å². The first kappa shape index (κ1) is 14.2. The molecule has 1 aliphatic carbocycles. The average molecular weight is 281 g/mol. The summed E-state index contributed by atoms with van der Waals surface area (Å²) in [5.74, 6) is 2.20. The summed E-state index contributed by atoms with van der Waals surface area (Å²) in [6, 6.07) is 11.1. The fraction of sp³-hybridized carbons (Fsp3) is 0.444. The first-order chi connectivity index (χ1) is 10.3. The van der Waals surface area contributed by atoms with Crippen molar-refractivity contribution in [3.63, 3.8) is 0 Å². The summed E-state index contributed by atoms with van der Waals surface area (Å²) in [6.45, 7) is 5.24. The second-order valence-electron chi connectivity index (χ2n) is 5.97. The zero-order valence-corrected chi connectivity index (χ0v) is 12.8. The Kier molecular flexibility index (Phi) is 4.30. The third-order valence-corrected chi connectivity index (χ3v) is 4.19. The minimum absolute atomic E-state index is 0.274.